The number of benzene rings is 1. The first-order valence-corrected chi connectivity index (χ1v) is 11.1. The van der Waals surface area contributed by atoms with Crippen molar-refractivity contribution in [2.45, 2.75) is 70.7 Å². The van der Waals surface area contributed by atoms with Gasteiger partial charge in [0.2, 0.25) is 0 Å². The lowest BCUT2D eigenvalue weighted by Crippen LogP contribution is -2.51. The van der Waals surface area contributed by atoms with E-state index in [1.807, 2.05) is 0 Å². The number of likely N-dealkylation sites (tertiary alicyclic amines) is 1. The lowest BCUT2D eigenvalue weighted by Gasteiger charge is -2.35. The highest BCUT2D eigenvalue weighted by Crippen LogP contribution is 2.15. The summed E-state index contributed by atoms with van der Waals surface area (Å²) in [6.07, 6.45) is 5.85. The van der Waals surface area contributed by atoms with Gasteiger partial charge in [-0.1, -0.05) is 12.1 Å². The van der Waals surface area contributed by atoms with Crippen molar-refractivity contribution in [1.82, 2.24) is 15.5 Å². The average molecular weight is 545 g/mol. The number of hydrogen-bond acceptors (Lipinski definition) is 5. The first kappa shape index (κ1) is 25.8. The molecule has 1 atom stereocenters. The normalized spacial score (nSPS) is 20.9. The van der Waals surface area contributed by atoms with Crippen LogP contribution in [-0.4, -0.2) is 60.2 Å². The van der Waals surface area contributed by atoms with Gasteiger partial charge in [0.1, 0.15) is 0 Å². The maximum absolute atomic E-state index is 10.8. The highest BCUT2D eigenvalue weighted by atomic mass is 127. The van der Waals surface area contributed by atoms with Gasteiger partial charge >= 0.3 is 0 Å². The van der Waals surface area contributed by atoms with E-state index in [0.29, 0.717) is 18.6 Å². The number of nitrogens with one attached hydrogen (secondary N) is 2. The molecular weight excluding hydrogens is 509 g/mol. The van der Waals surface area contributed by atoms with E-state index in [1.165, 1.54) is 18.6 Å². The SMILES string of the molecule is CC(C)N1CCC(NC(=NCc2ccc([N+](=O)[O-])cc2)NCC2CCCCO2)CC1.I. The van der Waals surface area contributed by atoms with Gasteiger partial charge in [-0.25, -0.2) is 4.99 Å². The molecule has 2 heterocycles. The van der Waals surface area contributed by atoms with Crippen LogP contribution in [0.3, 0.4) is 0 Å². The second kappa shape index (κ2) is 13.2. The number of hydrogen-bond donors (Lipinski definition) is 2. The first-order valence-electron chi connectivity index (χ1n) is 11.1. The molecule has 9 heteroatoms. The number of rotatable bonds is 7. The smallest absolute Gasteiger partial charge is 0.269 e. The summed E-state index contributed by atoms with van der Waals surface area (Å²) in [5.41, 5.74) is 1.05. The molecule has 8 nitrogen and oxygen atoms in total. The summed E-state index contributed by atoms with van der Waals surface area (Å²) < 4.78 is 5.84. The molecule has 1 aromatic rings. The maximum Gasteiger partial charge on any atom is 0.269 e. The van der Waals surface area contributed by atoms with E-state index in [1.54, 1.807) is 12.1 Å². The molecule has 2 N–H and O–H groups in total. The lowest BCUT2D eigenvalue weighted by molar-refractivity contribution is -0.384. The number of guanidine groups is 1. The quantitative estimate of drug-likeness (QED) is 0.179. The Kier molecular flexibility index (Phi) is 11.0. The minimum Gasteiger partial charge on any atom is -0.376 e. The third kappa shape index (κ3) is 8.53. The van der Waals surface area contributed by atoms with E-state index in [2.05, 4.69) is 29.4 Å². The Morgan fingerprint density at radius 2 is 1.94 bits per heavy atom. The van der Waals surface area contributed by atoms with E-state index in [-0.39, 0.29) is 40.7 Å². The largest absolute Gasteiger partial charge is 0.376 e. The topological polar surface area (TPSA) is 92.0 Å². The zero-order chi connectivity index (χ0) is 21.3. The van der Waals surface area contributed by atoms with Crippen molar-refractivity contribution in [2.24, 2.45) is 4.99 Å². The lowest BCUT2D eigenvalue weighted by atomic mass is 10.0. The van der Waals surface area contributed by atoms with E-state index < -0.39 is 0 Å². The molecule has 0 aliphatic carbocycles. The van der Waals surface area contributed by atoms with Gasteiger partial charge in [-0.2, -0.15) is 0 Å². The van der Waals surface area contributed by atoms with Crippen LogP contribution in [0.25, 0.3) is 0 Å². The monoisotopic (exact) mass is 545 g/mol. The third-order valence-electron chi connectivity index (χ3n) is 5.94. The molecular formula is C22H36IN5O3. The number of aliphatic imine (C=N–C) groups is 1. The van der Waals surface area contributed by atoms with Crippen LogP contribution in [0.15, 0.2) is 29.3 Å². The van der Waals surface area contributed by atoms with Gasteiger partial charge in [-0.15, -0.1) is 24.0 Å². The maximum atomic E-state index is 10.8. The van der Waals surface area contributed by atoms with Gasteiger partial charge in [0.25, 0.3) is 5.69 Å². The van der Waals surface area contributed by atoms with Crippen LogP contribution in [0, 0.1) is 10.1 Å². The Hall–Kier alpha value is -1.46. The number of nitro benzene ring substituents is 1. The molecule has 174 valence electrons. The van der Waals surface area contributed by atoms with Gasteiger partial charge in [-0.3, -0.25) is 10.1 Å². The molecule has 2 aliphatic heterocycles. The minimum absolute atomic E-state index is 0. The fourth-order valence-corrected chi connectivity index (χ4v) is 3.98. The molecule has 0 amide bonds. The highest BCUT2D eigenvalue weighted by Gasteiger charge is 2.22. The van der Waals surface area contributed by atoms with Crippen LogP contribution < -0.4 is 10.6 Å². The summed E-state index contributed by atoms with van der Waals surface area (Å²) in [6.45, 7) is 8.74. The molecule has 0 saturated carbocycles. The molecule has 0 bridgehead atoms. The number of halogens is 1. The molecule has 1 aromatic carbocycles. The standard InChI is InChI=1S/C22H35N5O3.HI/c1-17(2)26-12-10-19(11-13-26)25-22(24-16-21-5-3-4-14-30-21)23-15-18-6-8-20(9-7-18)27(28)29;/h6-9,17,19,21H,3-5,10-16H2,1-2H3,(H2,23,24,25);1H. The summed E-state index contributed by atoms with van der Waals surface area (Å²) in [6, 6.07) is 7.58. The molecule has 2 fully saturated rings. The van der Waals surface area contributed by atoms with E-state index in [0.717, 1.165) is 63.4 Å². The Morgan fingerprint density at radius 1 is 1.23 bits per heavy atom. The van der Waals surface area contributed by atoms with Crippen LogP contribution >= 0.6 is 24.0 Å². The molecule has 2 saturated heterocycles. The van der Waals surface area contributed by atoms with Crippen molar-refractivity contribution in [2.75, 3.05) is 26.2 Å². The van der Waals surface area contributed by atoms with Crippen LogP contribution in [0.5, 0.6) is 0 Å². The van der Waals surface area contributed by atoms with Gasteiger partial charge in [0.15, 0.2) is 5.96 Å². The number of non-ortho nitro benzene ring substituents is 1. The molecule has 0 aromatic heterocycles. The average Bonchev–Trinajstić information content (AvgIpc) is 2.77. The van der Waals surface area contributed by atoms with Gasteiger partial charge in [-0.05, 0) is 51.5 Å². The molecule has 31 heavy (non-hydrogen) atoms. The van der Waals surface area contributed by atoms with E-state index >= 15 is 0 Å². The zero-order valence-electron chi connectivity index (χ0n) is 18.6. The number of piperidine rings is 1. The summed E-state index contributed by atoms with van der Waals surface area (Å²) in [5, 5.41) is 17.9. The van der Waals surface area contributed by atoms with Crippen LogP contribution in [-0.2, 0) is 11.3 Å². The summed E-state index contributed by atoms with van der Waals surface area (Å²) >= 11 is 0. The molecule has 0 spiro atoms. The Bertz CT molecular complexity index is 700. The second-order valence-corrected chi connectivity index (χ2v) is 8.51. The summed E-state index contributed by atoms with van der Waals surface area (Å²) in [7, 11) is 0. The van der Waals surface area contributed by atoms with Crippen molar-refractivity contribution in [3.63, 3.8) is 0 Å². The fourth-order valence-electron chi connectivity index (χ4n) is 3.98. The second-order valence-electron chi connectivity index (χ2n) is 8.51. The van der Waals surface area contributed by atoms with Crippen LogP contribution in [0.4, 0.5) is 5.69 Å². The molecule has 3 rings (SSSR count). The van der Waals surface area contributed by atoms with Gasteiger partial charge < -0.3 is 20.3 Å². The number of nitro groups is 1. The highest BCUT2D eigenvalue weighted by molar-refractivity contribution is 14.0. The predicted molar refractivity (Wildman–Crippen MR) is 134 cm³/mol. The van der Waals surface area contributed by atoms with Crippen molar-refractivity contribution >= 4 is 35.6 Å². The predicted octanol–water partition coefficient (Wildman–Crippen LogP) is 3.69. The van der Waals surface area contributed by atoms with Crippen LogP contribution in [0.2, 0.25) is 0 Å². The Labute approximate surface area is 202 Å². The summed E-state index contributed by atoms with van der Waals surface area (Å²) in [5.74, 6) is 0.797. The third-order valence-corrected chi connectivity index (χ3v) is 5.94. The zero-order valence-corrected chi connectivity index (χ0v) is 20.9. The van der Waals surface area contributed by atoms with Crippen LogP contribution in [0.1, 0.15) is 51.5 Å². The molecule has 2 aliphatic rings. The van der Waals surface area contributed by atoms with Gasteiger partial charge in [0, 0.05) is 50.5 Å². The van der Waals surface area contributed by atoms with E-state index in [9.17, 15) is 10.1 Å². The Balaban J connectivity index is 0.00000341. The Morgan fingerprint density at radius 3 is 2.52 bits per heavy atom. The van der Waals surface area contributed by atoms with Crippen molar-refractivity contribution in [1.29, 1.82) is 0 Å². The van der Waals surface area contributed by atoms with Crippen molar-refractivity contribution in [3.8, 4) is 0 Å². The summed E-state index contributed by atoms with van der Waals surface area (Å²) in [4.78, 5) is 17.7. The molecule has 1 unspecified atom stereocenters. The number of ether oxygens (including phenoxy) is 1. The van der Waals surface area contributed by atoms with E-state index in [4.69, 9.17) is 9.73 Å². The fraction of sp³-hybridized carbons (Fsp3) is 0.682. The van der Waals surface area contributed by atoms with Gasteiger partial charge in [0.05, 0.1) is 17.6 Å². The molecule has 0 radical (unpaired) electrons. The van der Waals surface area contributed by atoms with Crippen molar-refractivity contribution in [3.05, 3.63) is 39.9 Å². The first-order chi connectivity index (χ1) is 14.5. The number of nitrogens with zero attached hydrogens (tertiary/aromatic N) is 3. The minimum atomic E-state index is -0.380. The van der Waals surface area contributed by atoms with Crippen molar-refractivity contribution < 1.29 is 9.66 Å².